The standard InChI is InChI=1S/C12H22N2O5/c1-8(10(16)18-5)6-13-9(15)7-14-11(17)19-12(2,3)4/h8H,6-7H2,1-5H3,(H,13,15)(H,14,17)/t8-/m0/s1. The van der Waals surface area contributed by atoms with Crippen LogP contribution in [0.5, 0.6) is 0 Å². The van der Waals surface area contributed by atoms with E-state index in [2.05, 4.69) is 15.4 Å². The number of ether oxygens (including phenoxy) is 2. The Morgan fingerprint density at radius 2 is 1.74 bits per heavy atom. The van der Waals surface area contributed by atoms with Crippen LogP contribution in [0.25, 0.3) is 0 Å². The molecule has 0 rings (SSSR count). The van der Waals surface area contributed by atoms with Gasteiger partial charge < -0.3 is 20.1 Å². The summed E-state index contributed by atoms with van der Waals surface area (Å²) >= 11 is 0. The van der Waals surface area contributed by atoms with E-state index >= 15 is 0 Å². The molecule has 0 aromatic carbocycles. The Labute approximate surface area is 113 Å². The quantitative estimate of drug-likeness (QED) is 0.709. The number of carbonyl (C=O) groups is 3. The van der Waals surface area contributed by atoms with E-state index < -0.39 is 29.5 Å². The predicted molar refractivity (Wildman–Crippen MR) is 68.4 cm³/mol. The smallest absolute Gasteiger partial charge is 0.408 e. The van der Waals surface area contributed by atoms with Crippen molar-refractivity contribution in [1.29, 1.82) is 0 Å². The van der Waals surface area contributed by atoms with Crippen LogP contribution in [-0.4, -0.2) is 43.8 Å². The molecule has 7 nitrogen and oxygen atoms in total. The van der Waals surface area contributed by atoms with E-state index in [4.69, 9.17) is 4.74 Å². The van der Waals surface area contributed by atoms with E-state index in [1.165, 1.54) is 7.11 Å². The molecule has 0 aliphatic carbocycles. The number of hydrogen-bond donors (Lipinski definition) is 2. The van der Waals surface area contributed by atoms with Crippen LogP contribution in [0.1, 0.15) is 27.7 Å². The van der Waals surface area contributed by atoms with Gasteiger partial charge in [0.1, 0.15) is 5.60 Å². The fourth-order valence-electron chi connectivity index (χ4n) is 1.08. The average molecular weight is 274 g/mol. The molecule has 0 bridgehead atoms. The second-order valence-corrected chi connectivity index (χ2v) is 5.08. The molecule has 0 aliphatic rings. The Kier molecular flexibility index (Phi) is 6.89. The summed E-state index contributed by atoms with van der Waals surface area (Å²) in [7, 11) is 1.28. The lowest BCUT2D eigenvalue weighted by atomic mass is 10.2. The van der Waals surface area contributed by atoms with Crippen LogP contribution in [0.4, 0.5) is 4.79 Å². The Morgan fingerprint density at radius 3 is 2.21 bits per heavy atom. The second-order valence-electron chi connectivity index (χ2n) is 5.08. The highest BCUT2D eigenvalue weighted by atomic mass is 16.6. The maximum atomic E-state index is 11.4. The van der Waals surface area contributed by atoms with Crippen LogP contribution >= 0.6 is 0 Å². The van der Waals surface area contributed by atoms with Crippen LogP contribution < -0.4 is 10.6 Å². The number of amides is 2. The van der Waals surface area contributed by atoms with Gasteiger partial charge in [0.15, 0.2) is 0 Å². The maximum absolute atomic E-state index is 11.4. The number of alkyl carbamates (subject to hydrolysis) is 1. The van der Waals surface area contributed by atoms with Gasteiger partial charge in [-0.3, -0.25) is 9.59 Å². The minimum absolute atomic E-state index is 0.154. The molecule has 0 spiro atoms. The molecule has 0 radical (unpaired) electrons. The van der Waals surface area contributed by atoms with E-state index in [1.54, 1.807) is 27.7 Å². The highest BCUT2D eigenvalue weighted by Crippen LogP contribution is 2.06. The topological polar surface area (TPSA) is 93.7 Å². The third kappa shape index (κ3) is 8.87. The summed E-state index contributed by atoms with van der Waals surface area (Å²) in [5, 5.41) is 4.82. The summed E-state index contributed by atoms with van der Waals surface area (Å²) in [5.41, 5.74) is -0.611. The lowest BCUT2D eigenvalue weighted by Gasteiger charge is -2.19. The largest absolute Gasteiger partial charge is 0.469 e. The molecular formula is C12H22N2O5. The number of methoxy groups -OCH3 is 1. The number of rotatable bonds is 5. The molecule has 0 saturated carbocycles. The van der Waals surface area contributed by atoms with Crippen LogP contribution in [0.3, 0.4) is 0 Å². The van der Waals surface area contributed by atoms with Gasteiger partial charge in [0.25, 0.3) is 0 Å². The minimum atomic E-state index is -0.663. The van der Waals surface area contributed by atoms with Crippen molar-refractivity contribution in [3.8, 4) is 0 Å². The molecule has 0 fully saturated rings. The zero-order valence-corrected chi connectivity index (χ0v) is 12.0. The van der Waals surface area contributed by atoms with E-state index in [-0.39, 0.29) is 13.1 Å². The molecule has 2 N–H and O–H groups in total. The van der Waals surface area contributed by atoms with Gasteiger partial charge in [0.2, 0.25) is 5.91 Å². The summed E-state index contributed by atoms with van der Waals surface area (Å²) in [6, 6.07) is 0. The van der Waals surface area contributed by atoms with E-state index in [0.29, 0.717) is 0 Å². The van der Waals surface area contributed by atoms with Crippen molar-refractivity contribution < 1.29 is 23.9 Å². The molecule has 7 heteroatoms. The zero-order valence-electron chi connectivity index (χ0n) is 12.0. The lowest BCUT2D eigenvalue weighted by Crippen LogP contribution is -2.41. The van der Waals surface area contributed by atoms with Crippen molar-refractivity contribution in [3.05, 3.63) is 0 Å². The Morgan fingerprint density at radius 1 is 1.16 bits per heavy atom. The van der Waals surface area contributed by atoms with Crippen LogP contribution in [-0.2, 0) is 19.1 Å². The second kappa shape index (κ2) is 7.60. The Balaban J connectivity index is 3.88. The average Bonchev–Trinajstić information content (AvgIpc) is 2.30. The van der Waals surface area contributed by atoms with Crippen molar-refractivity contribution in [3.63, 3.8) is 0 Å². The number of hydrogen-bond acceptors (Lipinski definition) is 5. The maximum Gasteiger partial charge on any atom is 0.408 e. The molecule has 2 amide bonds. The number of esters is 1. The van der Waals surface area contributed by atoms with Gasteiger partial charge >= 0.3 is 12.1 Å². The third-order valence-electron chi connectivity index (χ3n) is 2.00. The van der Waals surface area contributed by atoms with Crippen molar-refractivity contribution in [2.75, 3.05) is 20.2 Å². The Hall–Kier alpha value is -1.79. The van der Waals surface area contributed by atoms with E-state index in [1.807, 2.05) is 0 Å². The molecule has 0 aromatic heterocycles. The van der Waals surface area contributed by atoms with Gasteiger partial charge in [-0.05, 0) is 20.8 Å². The van der Waals surface area contributed by atoms with Crippen molar-refractivity contribution in [2.24, 2.45) is 5.92 Å². The van der Waals surface area contributed by atoms with Crippen LogP contribution in [0.15, 0.2) is 0 Å². The summed E-state index contributed by atoms with van der Waals surface area (Å²) in [4.78, 5) is 33.7. The molecule has 1 atom stereocenters. The van der Waals surface area contributed by atoms with Gasteiger partial charge in [-0.15, -0.1) is 0 Å². The predicted octanol–water partition coefficient (Wildman–Crippen LogP) is 0.436. The summed E-state index contributed by atoms with van der Waals surface area (Å²) in [6.07, 6.45) is -0.663. The van der Waals surface area contributed by atoms with Gasteiger partial charge in [0.05, 0.1) is 19.6 Å². The molecule has 110 valence electrons. The molecule has 0 heterocycles. The van der Waals surface area contributed by atoms with Crippen molar-refractivity contribution in [1.82, 2.24) is 10.6 Å². The highest BCUT2D eigenvalue weighted by molar-refractivity contribution is 5.82. The van der Waals surface area contributed by atoms with Gasteiger partial charge in [-0.2, -0.15) is 0 Å². The summed E-state index contributed by atoms with van der Waals surface area (Å²) < 4.78 is 9.48. The molecule has 0 unspecified atom stereocenters. The zero-order chi connectivity index (χ0) is 15.1. The molecule has 0 saturated heterocycles. The number of nitrogens with one attached hydrogen (secondary N) is 2. The first kappa shape index (κ1) is 17.2. The summed E-state index contributed by atoms with van der Waals surface area (Å²) in [5.74, 6) is -1.24. The SMILES string of the molecule is COC(=O)[C@@H](C)CNC(=O)CNC(=O)OC(C)(C)C. The van der Waals surface area contributed by atoms with E-state index in [9.17, 15) is 14.4 Å². The normalized spacial score (nSPS) is 12.3. The van der Waals surface area contributed by atoms with E-state index in [0.717, 1.165) is 0 Å². The lowest BCUT2D eigenvalue weighted by molar-refractivity contribution is -0.144. The fraction of sp³-hybridized carbons (Fsp3) is 0.750. The number of carbonyl (C=O) groups excluding carboxylic acids is 3. The van der Waals surface area contributed by atoms with Gasteiger partial charge in [0, 0.05) is 6.54 Å². The van der Waals surface area contributed by atoms with Crippen molar-refractivity contribution >= 4 is 18.0 Å². The minimum Gasteiger partial charge on any atom is -0.469 e. The molecular weight excluding hydrogens is 252 g/mol. The van der Waals surface area contributed by atoms with Crippen LogP contribution in [0, 0.1) is 5.92 Å². The van der Waals surface area contributed by atoms with Gasteiger partial charge in [-0.1, -0.05) is 6.92 Å². The highest BCUT2D eigenvalue weighted by Gasteiger charge is 2.17. The van der Waals surface area contributed by atoms with Gasteiger partial charge in [-0.25, -0.2) is 4.79 Å². The molecule has 0 aromatic rings. The first-order chi connectivity index (χ1) is 8.65. The first-order valence-electron chi connectivity index (χ1n) is 5.97. The van der Waals surface area contributed by atoms with Crippen molar-refractivity contribution in [2.45, 2.75) is 33.3 Å². The monoisotopic (exact) mass is 274 g/mol. The van der Waals surface area contributed by atoms with Crippen LogP contribution in [0.2, 0.25) is 0 Å². The Bertz CT molecular complexity index is 336. The first-order valence-corrected chi connectivity index (χ1v) is 5.97. The third-order valence-corrected chi connectivity index (χ3v) is 2.00. The fourth-order valence-corrected chi connectivity index (χ4v) is 1.08. The molecule has 0 aliphatic heterocycles. The summed E-state index contributed by atoms with van der Waals surface area (Å²) in [6.45, 7) is 6.76. The molecule has 19 heavy (non-hydrogen) atoms.